The number of hydrogen-bond acceptors (Lipinski definition) is 4. The van der Waals surface area contributed by atoms with Crippen LogP contribution in [0.2, 0.25) is 0 Å². The second kappa shape index (κ2) is 6.89. The SMILES string of the molecule is C=CCN(CCC)C(=O)CC1CS(=O)(=O)CCN1. The third-order valence-electron chi connectivity index (χ3n) is 2.92. The van der Waals surface area contributed by atoms with Crippen LogP contribution in [0, 0.1) is 0 Å². The number of carbonyl (C=O) groups is 1. The zero-order valence-electron chi connectivity index (χ0n) is 10.9. The Hall–Kier alpha value is -0.880. The van der Waals surface area contributed by atoms with Crippen LogP contribution in [0.25, 0.3) is 0 Å². The predicted molar refractivity (Wildman–Crippen MR) is 72.1 cm³/mol. The van der Waals surface area contributed by atoms with Crippen LogP contribution >= 0.6 is 0 Å². The van der Waals surface area contributed by atoms with Gasteiger partial charge in [0.2, 0.25) is 5.91 Å². The van der Waals surface area contributed by atoms with Gasteiger partial charge in [-0.25, -0.2) is 8.42 Å². The van der Waals surface area contributed by atoms with Crippen molar-refractivity contribution in [3.63, 3.8) is 0 Å². The summed E-state index contributed by atoms with van der Waals surface area (Å²) in [6.07, 6.45) is 2.82. The summed E-state index contributed by atoms with van der Waals surface area (Å²) in [6.45, 7) is 7.28. The summed E-state index contributed by atoms with van der Waals surface area (Å²) in [4.78, 5) is 13.8. The van der Waals surface area contributed by atoms with Gasteiger partial charge in [-0.15, -0.1) is 6.58 Å². The first-order valence-corrected chi connectivity index (χ1v) is 8.13. The van der Waals surface area contributed by atoms with E-state index in [0.29, 0.717) is 19.6 Å². The molecule has 1 unspecified atom stereocenters. The van der Waals surface area contributed by atoms with E-state index in [1.54, 1.807) is 11.0 Å². The molecule has 5 nitrogen and oxygen atoms in total. The van der Waals surface area contributed by atoms with Gasteiger partial charge in [0.1, 0.15) is 0 Å². The minimum Gasteiger partial charge on any atom is -0.339 e. The Kier molecular flexibility index (Phi) is 5.81. The van der Waals surface area contributed by atoms with E-state index in [9.17, 15) is 13.2 Å². The van der Waals surface area contributed by atoms with Gasteiger partial charge in [0.15, 0.2) is 9.84 Å². The molecule has 1 N–H and O–H groups in total. The van der Waals surface area contributed by atoms with Crippen molar-refractivity contribution in [3.8, 4) is 0 Å². The summed E-state index contributed by atoms with van der Waals surface area (Å²) in [5.74, 6) is 0.224. The molecule has 1 aliphatic rings. The van der Waals surface area contributed by atoms with Crippen molar-refractivity contribution in [2.24, 2.45) is 0 Å². The highest BCUT2D eigenvalue weighted by Crippen LogP contribution is 2.07. The predicted octanol–water partition coefficient (Wildman–Crippen LogP) is 0.188. The van der Waals surface area contributed by atoms with Crippen molar-refractivity contribution >= 4 is 15.7 Å². The smallest absolute Gasteiger partial charge is 0.224 e. The number of rotatable bonds is 6. The first kappa shape index (κ1) is 15.2. The van der Waals surface area contributed by atoms with Gasteiger partial charge in [-0.1, -0.05) is 13.0 Å². The van der Waals surface area contributed by atoms with Crippen molar-refractivity contribution in [3.05, 3.63) is 12.7 Å². The van der Waals surface area contributed by atoms with Gasteiger partial charge < -0.3 is 10.2 Å². The standard InChI is InChI=1S/C12H22N2O3S/c1-3-6-14(7-4-2)12(15)9-11-10-18(16,17)8-5-13-11/h3,11,13H,1,4-10H2,2H3. The molecule has 1 atom stereocenters. The normalized spacial score (nSPS) is 22.4. The van der Waals surface area contributed by atoms with Crippen LogP contribution in [0.4, 0.5) is 0 Å². The minimum atomic E-state index is -2.98. The third kappa shape index (κ3) is 4.78. The molecule has 1 fully saturated rings. The lowest BCUT2D eigenvalue weighted by atomic mass is 10.2. The second-order valence-corrected chi connectivity index (χ2v) is 6.83. The summed E-state index contributed by atoms with van der Waals surface area (Å²) in [6, 6.07) is -0.250. The molecule has 0 spiro atoms. The highest BCUT2D eigenvalue weighted by atomic mass is 32.2. The van der Waals surface area contributed by atoms with E-state index >= 15 is 0 Å². The molecule has 0 aliphatic carbocycles. The number of hydrogen-bond donors (Lipinski definition) is 1. The second-order valence-electron chi connectivity index (χ2n) is 4.60. The lowest BCUT2D eigenvalue weighted by molar-refractivity contribution is -0.131. The molecule has 1 aliphatic heterocycles. The number of sulfone groups is 1. The van der Waals surface area contributed by atoms with Gasteiger partial charge in [0, 0.05) is 32.1 Å². The van der Waals surface area contributed by atoms with E-state index in [1.807, 2.05) is 6.92 Å². The highest BCUT2D eigenvalue weighted by Gasteiger charge is 2.27. The highest BCUT2D eigenvalue weighted by molar-refractivity contribution is 7.91. The first-order valence-electron chi connectivity index (χ1n) is 6.31. The maximum Gasteiger partial charge on any atom is 0.224 e. The zero-order valence-corrected chi connectivity index (χ0v) is 11.7. The van der Waals surface area contributed by atoms with Gasteiger partial charge in [-0.2, -0.15) is 0 Å². The monoisotopic (exact) mass is 274 g/mol. The van der Waals surface area contributed by atoms with Crippen LogP contribution in [-0.2, 0) is 14.6 Å². The maximum atomic E-state index is 12.0. The molecule has 0 aromatic rings. The molecule has 1 saturated heterocycles. The Morgan fingerprint density at radius 2 is 2.28 bits per heavy atom. The first-order chi connectivity index (χ1) is 8.48. The molecular formula is C12H22N2O3S. The largest absolute Gasteiger partial charge is 0.339 e. The number of nitrogens with zero attached hydrogens (tertiary/aromatic N) is 1. The van der Waals surface area contributed by atoms with Crippen molar-refractivity contribution in [1.82, 2.24) is 10.2 Å². The maximum absolute atomic E-state index is 12.0. The Morgan fingerprint density at radius 1 is 1.56 bits per heavy atom. The van der Waals surface area contributed by atoms with Crippen LogP contribution in [-0.4, -0.2) is 56.4 Å². The molecule has 1 amide bonds. The third-order valence-corrected chi connectivity index (χ3v) is 4.65. The van der Waals surface area contributed by atoms with Gasteiger partial charge in [0.25, 0.3) is 0 Å². The van der Waals surface area contributed by atoms with E-state index in [2.05, 4.69) is 11.9 Å². The molecule has 104 valence electrons. The lowest BCUT2D eigenvalue weighted by Gasteiger charge is -2.26. The Balaban J connectivity index is 2.54. The van der Waals surface area contributed by atoms with E-state index in [4.69, 9.17) is 0 Å². The van der Waals surface area contributed by atoms with Gasteiger partial charge in [-0.3, -0.25) is 4.79 Å². The zero-order chi connectivity index (χ0) is 13.6. The molecule has 0 bridgehead atoms. The number of amides is 1. The minimum absolute atomic E-state index is 0.00801. The van der Waals surface area contributed by atoms with Crippen molar-refractivity contribution in [2.75, 3.05) is 31.1 Å². The molecule has 0 aromatic carbocycles. The van der Waals surface area contributed by atoms with E-state index in [0.717, 1.165) is 6.42 Å². The number of nitrogens with one attached hydrogen (secondary N) is 1. The fraction of sp³-hybridized carbons (Fsp3) is 0.750. The summed E-state index contributed by atoms with van der Waals surface area (Å²) in [5.41, 5.74) is 0. The Morgan fingerprint density at radius 3 is 2.83 bits per heavy atom. The van der Waals surface area contributed by atoms with E-state index < -0.39 is 9.84 Å². The van der Waals surface area contributed by atoms with Gasteiger partial charge in [-0.05, 0) is 6.42 Å². The lowest BCUT2D eigenvalue weighted by Crippen LogP contribution is -2.48. The van der Waals surface area contributed by atoms with E-state index in [-0.39, 0.29) is 29.9 Å². The average molecular weight is 274 g/mol. The molecule has 18 heavy (non-hydrogen) atoms. The van der Waals surface area contributed by atoms with Crippen LogP contribution < -0.4 is 5.32 Å². The average Bonchev–Trinajstić information content (AvgIpc) is 2.27. The topological polar surface area (TPSA) is 66.5 Å². The van der Waals surface area contributed by atoms with Crippen molar-refractivity contribution in [2.45, 2.75) is 25.8 Å². The fourth-order valence-corrected chi connectivity index (χ4v) is 3.53. The molecular weight excluding hydrogens is 252 g/mol. The molecule has 6 heteroatoms. The van der Waals surface area contributed by atoms with Crippen LogP contribution in [0.1, 0.15) is 19.8 Å². The molecule has 0 saturated carbocycles. The van der Waals surface area contributed by atoms with Crippen molar-refractivity contribution < 1.29 is 13.2 Å². The molecule has 1 heterocycles. The van der Waals surface area contributed by atoms with Gasteiger partial charge >= 0.3 is 0 Å². The Labute approximate surface area is 109 Å². The summed E-state index contributed by atoms with van der Waals surface area (Å²) < 4.78 is 23.0. The quantitative estimate of drug-likeness (QED) is 0.702. The molecule has 1 rings (SSSR count). The fourth-order valence-electron chi connectivity index (χ4n) is 2.08. The van der Waals surface area contributed by atoms with Crippen molar-refractivity contribution in [1.29, 1.82) is 0 Å². The summed E-state index contributed by atoms with van der Waals surface area (Å²) in [5, 5.41) is 3.09. The number of carbonyl (C=O) groups excluding carboxylic acids is 1. The van der Waals surface area contributed by atoms with Crippen LogP contribution in [0.3, 0.4) is 0 Å². The molecule has 0 aromatic heterocycles. The summed E-state index contributed by atoms with van der Waals surface area (Å²) >= 11 is 0. The summed E-state index contributed by atoms with van der Waals surface area (Å²) in [7, 11) is -2.98. The Bertz CT molecular complexity index is 392. The molecule has 0 radical (unpaired) electrons. The van der Waals surface area contributed by atoms with Gasteiger partial charge in [0.05, 0.1) is 11.5 Å². The van der Waals surface area contributed by atoms with Crippen LogP contribution in [0.5, 0.6) is 0 Å². The van der Waals surface area contributed by atoms with Crippen LogP contribution in [0.15, 0.2) is 12.7 Å². The van der Waals surface area contributed by atoms with E-state index in [1.165, 1.54) is 0 Å².